The van der Waals surface area contributed by atoms with E-state index in [-0.39, 0.29) is 12.3 Å². The van der Waals surface area contributed by atoms with Gasteiger partial charge in [0.15, 0.2) is 5.82 Å². The zero-order valence-corrected chi connectivity index (χ0v) is 12.8. The van der Waals surface area contributed by atoms with Gasteiger partial charge in [-0.25, -0.2) is 0 Å². The van der Waals surface area contributed by atoms with Crippen LogP contribution in [0.1, 0.15) is 49.7 Å². The van der Waals surface area contributed by atoms with E-state index in [1.165, 1.54) is 0 Å². The Kier molecular flexibility index (Phi) is 3.37. The van der Waals surface area contributed by atoms with Crippen LogP contribution in [-0.2, 0) is 16.1 Å². The van der Waals surface area contributed by atoms with E-state index in [1.54, 1.807) is 0 Å². The minimum atomic E-state index is -0.885. The first-order valence-electron chi connectivity index (χ1n) is 8.14. The quantitative estimate of drug-likeness (QED) is 0.831. The van der Waals surface area contributed by atoms with Crippen molar-refractivity contribution in [1.29, 1.82) is 0 Å². The van der Waals surface area contributed by atoms with Crippen LogP contribution in [0.5, 0.6) is 0 Å². The van der Waals surface area contributed by atoms with Gasteiger partial charge in [0.05, 0.1) is 18.0 Å². The van der Waals surface area contributed by atoms with E-state index in [4.69, 9.17) is 4.52 Å². The number of aromatic nitrogens is 2. The fraction of sp³-hybridized carbons (Fsp3) is 0.733. The highest BCUT2D eigenvalue weighted by Crippen LogP contribution is 2.39. The highest BCUT2D eigenvalue weighted by molar-refractivity contribution is 5.88. The van der Waals surface area contributed by atoms with Crippen LogP contribution in [0.15, 0.2) is 4.52 Å². The third-order valence-corrected chi connectivity index (χ3v) is 5.27. The van der Waals surface area contributed by atoms with Crippen molar-refractivity contribution >= 4 is 11.9 Å². The molecule has 2 saturated heterocycles. The van der Waals surface area contributed by atoms with Crippen molar-refractivity contribution in [2.75, 3.05) is 13.1 Å². The summed E-state index contributed by atoms with van der Waals surface area (Å²) >= 11 is 0. The molecule has 0 aromatic carbocycles. The third kappa shape index (κ3) is 2.71. The van der Waals surface area contributed by atoms with Crippen molar-refractivity contribution in [3.63, 3.8) is 0 Å². The summed E-state index contributed by atoms with van der Waals surface area (Å²) in [6, 6.07) is 0. The normalized spacial score (nSPS) is 27.3. The van der Waals surface area contributed by atoms with Gasteiger partial charge in [0.2, 0.25) is 11.8 Å². The summed E-state index contributed by atoms with van der Waals surface area (Å²) in [6.07, 6.45) is 3.63. The van der Waals surface area contributed by atoms with Crippen molar-refractivity contribution in [3.05, 3.63) is 11.7 Å². The molecule has 0 bridgehead atoms. The van der Waals surface area contributed by atoms with Crippen molar-refractivity contribution in [2.45, 2.75) is 50.1 Å². The molecule has 1 aromatic heterocycles. The number of nitrogens with zero attached hydrogens (tertiary/aromatic N) is 3. The fourth-order valence-corrected chi connectivity index (χ4v) is 3.73. The molecule has 1 aromatic rings. The molecule has 1 aliphatic carbocycles. The second-order valence-electron chi connectivity index (χ2n) is 6.90. The molecular weight excluding hydrogens is 300 g/mol. The smallest absolute Gasteiger partial charge is 0.309 e. The van der Waals surface area contributed by atoms with E-state index in [9.17, 15) is 14.7 Å². The maximum Gasteiger partial charge on any atom is 0.309 e. The molecule has 8 nitrogen and oxygen atoms in total. The van der Waals surface area contributed by atoms with Gasteiger partial charge in [0, 0.05) is 25.4 Å². The highest BCUT2D eigenvalue weighted by atomic mass is 16.5. The molecule has 2 aliphatic heterocycles. The van der Waals surface area contributed by atoms with Gasteiger partial charge in [0.25, 0.3) is 0 Å². The highest BCUT2D eigenvalue weighted by Gasteiger charge is 2.51. The topological polar surface area (TPSA) is 109 Å². The largest absolute Gasteiger partial charge is 0.481 e. The zero-order chi connectivity index (χ0) is 16.0. The number of likely N-dealkylation sites (tertiary alicyclic amines) is 1. The maximum atomic E-state index is 11.7. The summed E-state index contributed by atoms with van der Waals surface area (Å²) in [7, 11) is 0. The second kappa shape index (κ2) is 5.30. The Morgan fingerprint density at radius 1 is 1.39 bits per heavy atom. The number of hydrogen-bond donors (Lipinski definition) is 2. The second-order valence-corrected chi connectivity index (χ2v) is 6.90. The average Bonchev–Trinajstić information content (AvgIpc) is 3.18. The van der Waals surface area contributed by atoms with Gasteiger partial charge in [-0.05, 0) is 25.7 Å². The molecule has 1 spiro atoms. The number of nitrogens with one attached hydrogen (secondary N) is 1. The summed E-state index contributed by atoms with van der Waals surface area (Å²) in [5, 5.41) is 16.3. The van der Waals surface area contributed by atoms with Gasteiger partial charge < -0.3 is 14.9 Å². The Morgan fingerprint density at radius 3 is 2.78 bits per heavy atom. The van der Waals surface area contributed by atoms with E-state index in [2.05, 4.69) is 20.4 Å². The maximum absolute atomic E-state index is 11.7. The molecule has 0 unspecified atom stereocenters. The van der Waals surface area contributed by atoms with Crippen LogP contribution in [0.4, 0.5) is 0 Å². The van der Waals surface area contributed by atoms with Gasteiger partial charge >= 0.3 is 5.97 Å². The lowest BCUT2D eigenvalue weighted by Gasteiger charge is -2.41. The minimum absolute atomic E-state index is 0.0882. The van der Waals surface area contributed by atoms with Crippen LogP contribution >= 0.6 is 0 Å². The Morgan fingerprint density at radius 2 is 2.13 bits per heavy atom. The monoisotopic (exact) mass is 320 g/mol. The van der Waals surface area contributed by atoms with Gasteiger partial charge in [-0.15, -0.1) is 0 Å². The minimum Gasteiger partial charge on any atom is -0.481 e. The van der Waals surface area contributed by atoms with Gasteiger partial charge in [-0.1, -0.05) is 5.16 Å². The molecule has 8 heteroatoms. The van der Waals surface area contributed by atoms with Crippen molar-refractivity contribution < 1.29 is 19.2 Å². The Balaban J connectivity index is 1.38. The van der Waals surface area contributed by atoms with Crippen LogP contribution in [0, 0.1) is 5.92 Å². The molecule has 1 amide bonds. The van der Waals surface area contributed by atoms with Gasteiger partial charge in [-0.3, -0.25) is 14.5 Å². The summed E-state index contributed by atoms with van der Waals surface area (Å²) in [4.78, 5) is 29.7. The number of carboxylic acid groups (broad SMARTS) is 1. The Labute approximate surface area is 133 Å². The van der Waals surface area contributed by atoms with Crippen LogP contribution < -0.4 is 5.32 Å². The molecule has 0 radical (unpaired) electrons. The fourth-order valence-electron chi connectivity index (χ4n) is 3.73. The molecule has 3 aliphatic rings. The third-order valence-electron chi connectivity index (χ3n) is 5.27. The Hall–Kier alpha value is -1.96. The number of hydrogen-bond acceptors (Lipinski definition) is 6. The number of amides is 1. The lowest BCUT2D eigenvalue weighted by atomic mass is 9.78. The molecule has 3 heterocycles. The van der Waals surface area contributed by atoms with Crippen LogP contribution in [0.2, 0.25) is 0 Å². The van der Waals surface area contributed by atoms with E-state index in [1.807, 2.05) is 0 Å². The number of rotatable bonds is 4. The zero-order valence-electron chi connectivity index (χ0n) is 12.8. The lowest BCUT2D eigenvalue weighted by molar-refractivity contribution is -0.144. The van der Waals surface area contributed by atoms with E-state index < -0.39 is 17.4 Å². The van der Waals surface area contributed by atoms with E-state index >= 15 is 0 Å². The summed E-state index contributed by atoms with van der Waals surface area (Å²) < 4.78 is 5.26. The number of carbonyl (C=O) groups is 2. The van der Waals surface area contributed by atoms with Gasteiger partial charge in [-0.2, -0.15) is 4.98 Å². The number of piperidine rings is 1. The van der Waals surface area contributed by atoms with Crippen LogP contribution in [-0.4, -0.2) is 50.7 Å². The number of carboxylic acids is 1. The number of carbonyl (C=O) groups excluding carboxylic acids is 1. The molecule has 124 valence electrons. The molecular formula is C15H20N4O4. The van der Waals surface area contributed by atoms with E-state index in [0.717, 1.165) is 31.8 Å². The lowest BCUT2D eigenvalue weighted by Crippen LogP contribution is -2.55. The molecule has 3 fully saturated rings. The molecule has 2 N–H and O–H groups in total. The molecule has 1 atom stereocenters. The van der Waals surface area contributed by atoms with Crippen molar-refractivity contribution in [3.8, 4) is 0 Å². The summed E-state index contributed by atoms with van der Waals surface area (Å²) in [5.41, 5.74) is -0.587. The molecule has 1 saturated carbocycles. The molecule has 23 heavy (non-hydrogen) atoms. The Bertz CT molecular complexity index is 631. The summed E-state index contributed by atoms with van der Waals surface area (Å²) in [5.74, 6) is 0.215. The SMILES string of the molecule is O=C1C[C@@H](C(=O)O)C2(CCN(Cc3noc(C4CC4)n3)CC2)N1. The summed E-state index contributed by atoms with van der Waals surface area (Å²) in [6.45, 7) is 2.05. The molecule has 4 rings (SSSR count). The predicted octanol–water partition coefficient (Wildman–Crippen LogP) is 0.502. The number of aliphatic carboxylic acids is 1. The van der Waals surface area contributed by atoms with E-state index in [0.29, 0.717) is 31.1 Å². The predicted molar refractivity (Wildman–Crippen MR) is 77.4 cm³/mol. The van der Waals surface area contributed by atoms with Crippen molar-refractivity contribution in [2.24, 2.45) is 5.92 Å². The van der Waals surface area contributed by atoms with Crippen LogP contribution in [0.3, 0.4) is 0 Å². The first-order valence-corrected chi connectivity index (χ1v) is 8.14. The van der Waals surface area contributed by atoms with Crippen LogP contribution in [0.25, 0.3) is 0 Å². The average molecular weight is 320 g/mol. The first-order chi connectivity index (χ1) is 11.1. The first kappa shape index (κ1) is 14.6. The standard InChI is InChI=1S/C15H20N4O4/c20-12-7-10(14(21)22)15(17-12)3-5-19(6-4-15)8-11-16-13(23-18-11)9-1-2-9/h9-10H,1-8H2,(H,17,20)(H,21,22)/t10-/m0/s1. The van der Waals surface area contributed by atoms with Crippen molar-refractivity contribution in [1.82, 2.24) is 20.4 Å². The van der Waals surface area contributed by atoms with Gasteiger partial charge in [0.1, 0.15) is 0 Å².